The average Bonchev–Trinajstić information content (AvgIpc) is 3.24. The first-order valence-electron chi connectivity index (χ1n) is 26.4. The van der Waals surface area contributed by atoms with Gasteiger partial charge in [-0.3, -0.25) is 9.59 Å². The number of hydrogen-bond donors (Lipinski definition) is 3. The number of amides is 1. The molecule has 1 amide bonds. The molecule has 350 valence electrons. The molecule has 0 rings (SSSR count). The van der Waals surface area contributed by atoms with E-state index in [4.69, 9.17) is 4.74 Å². The summed E-state index contributed by atoms with van der Waals surface area (Å²) in [6.45, 7) is 4.87. The fraction of sp³-hybridized carbons (Fsp3) is 0.925. The first kappa shape index (κ1) is 57.6. The lowest BCUT2D eigenvalue weighted by Crippen LogP contribution is -2.45. The second-order valence-electron chi connectivity index (χ2n) is 18.2. The van der Waals surface area contributed by atoms with Gasteiger partial charge in [-0.15, -0.1) is 0 Å². The van der Waals surface area contributed by atoms with E-state index in [-0.39, 0.29) is 18.5 Å². The maximum absolute atomic E-state index is 12.5. The van der Waals surface area contributed by atoms with Gasteiger partial charge in [0, 0.05) is 12.8 Å². The van der Waals surface area contributed by atoms with E-state index in [0.717, 1.165) is 77.0 Å². The Bertz CT molecular complexity index is 878. The Kier molecular flexibility index (Phi) is 48.1. The molecule has 0 saturated heterocycles. The Morgan fingerprint density at radius 3 is 1.20 bits per heavy atom. The normalized spacial score (nSPS) is 12.7. The van der Waals surface area contributed by atoms with Crippen LogP contribution in [0.5, 0.6) is 0 Å². The first-order valence-corrected chi connectivity index (χ1v) is 26.4. The van der Waals surface area contributed by atoms with Gasteiger partial charge < -0.3 is 20.3 Å². The molecule has 0 aliphatic carbocycles. The van der Waals surface area contributed by atoms with Crippen LogP contribution in [-0.4, -0.2) is 47.4 Å². The van der Waals surface area contributed by atoms with Crippen LogP contribution < -0.4 is 5.32 Å². The van der Waals surface area contributed by atoms with Gasteiger partial charge in [-0.25, -0.2) is 0 Å². The molecule has 0 aromatic carbocycles. The third-order valence-electron chi connectivity index (χ3n) is 12.3. The second-order valence-corrected chi connectivity index (χ2v) is 18.2. The van der Waals surface area contributed by atoms with Gasteiger partial charge in [-0.1, -0.05) is 238 Å². The zero-order valence-electron chi connectivity index (χ0n) is 39.7. The fourth-order valence-corrected chi connectivity index (χ4v) is 8.22. The highest BCUT2D eigenvalue weighted by molar-refractivity contribution is 5.76. The van der Waals surface area contributed by atoms with Gasteiger partial charge in [0.05, 0.1) is 25.4 Å². The third-order valence-corrected chi connectivity index (χ3v) is 12.3. The van der Waals surface area contributed by atoms with Crippen LogP contribution in [0.3, 0.4) is 0 Å². The van der Waals surface area contributed by atoms with E-state index in [1.807, 2.05) is 0 Å². The molecule has 59 heavy (non-hydrogen) atoms. The second kappa shape index (κ2) is 49.3. The summed E-state index contributed by atoms with van der Waals surface area (Å²) < 4.78 is 5.42. The molecule has 0 aromatic rings. The highest BCUT2D eigenvalue weighted by atomic mass is 16.5. The molecule has 0 saturated carbocycles. The number of carbonyl (C=O) groups is 2. The highest BCUT2D eigenvalue weighted by Crippen LogP contribution is 2.17. The molecule has 2 atom stereocenters. The van der Waals surface area contributed by atoms with Crippen molar-refractivity contribution >= 4 is 11.9 Å². The van der Waals surface area contributed by atoms with Crippen LogP contribution in [0.15, 0.2) is 12.2 Å². The van der Waals surface area contributed by atoms with Crippen LogP contribution in [0.4, 0.5) is 0 Å². The molecule has 6 nitrogen and oxygen atoms in total. The summed E-state index contributed by atoms with van der Waals surface area (Å²) in [5, 5.41) is 23.3. The minimum absolute atomic E-state index is 0.0359. The zero-order valence-corrected chi connectivity index (χ0v) is 39.7. The minimum Gasteiger partial charge on any atom is -0.466 e. The molecule has 0 aliphatic rings. The van der Waals surface area contributed by atoms with Crippen molar-refractivity contribution in [3.8, 4) is 0 Å². The molecule has 6 heteroatoms. The molecule has 0 bridgehead atoms. The van der Waals surface area contributed by atoms with Crippen molar-refractivity contribution in [3.05, 3.63) is 12.2 Å². The molecule has 0 heterocycles. The molecular weight excluding hydrogens is 731 g/mol. The van der Waals surface area contributed by atoms with Gasteiger partial charge >= 0.3 is 5.97 Å². The maximum Gasteiger partial charge on any atom is 0.305 e. The lowest BCUT2D eigenvalue weighted by atomic mass is 10.0. The standard InChI is InChI=1S/C53H103NO5/c1-3-5-7-9-11-13-15-16-17-18-19-20-21-22-23-24-26-29-33-37-41-45-51(56)50(49-55)54-52(57)46-42-38-34-30-27-28-32-36-40-44-48-59-53(58)47-43-39-35-31-25-14-12-10-8-6-4-2/h28,32,50-51,55-56H,3-27,29-31,33-49H2,1-2H3,(H,54,57)/b32-28-. The number of ether oxygens (including phenoxy) is 1. The summed E-state index contributed by atoms with van der Waals surface area (Å²) in [5.41, 5.74) is 0. The molecule has 2 unspecified atom stereocenters. The lowest BCUT2D eigenvalue weighted by molar-refractivity contribution is -0.143. The summed E-state index contributed by atoms with van der Waals surface area (Å²) in [6, 6.07) is -0.566. The SMILES string of the molecule is CCCCCCCCCCCCCCCCCCCCCCCC(O)C(CO)NC(=O)CCCCCC/C=C\CCCCOC(=O)CCCCCCCCCCCCC. The van der Waals surface area contributed by atoms with Gasteiger partial charge in [0.2, 0.25) is 5.91 Å². The average molecular weight is 834 g/mol. The van der Waals surface area contributed by atoms with Crippen LogP contribution >= 0.6 is 0 Å². The van der Waals surface area contributed by atoms with E-state index < -0.39 is 12.1 Å². The van der Waals surface area contributed by atoms with E-state index in [9.17, 15) is 19.8 Å². The summed E-state index contributed by atoms with van der Waals surface area (Å²) in [4.78, 5) is 24.4. The van der Waals surface area contributed by atoms with Crippen molar-refractivity contribution in [1.29, 1.82) is 0 Å². The van der Waals surface area contributed by atoms with E-state index in [1.165, 1.54) is 180 Å². The van der Waals surface area contributed by atoms with E-state index in [2.05, 4.69) is 31.3 Å². The first-order chi connectivity index (χ1) is 29.0. The Labute approximate surface area is 368 Å². The van der Waals surface area contributed by atoms with Gasteiger partial charge in [0.15, 0.2) is 0 Å². The van der Waals surface area contributed by atoms with Crippen LogP contribution in [0.1, 0.15) is 290 Å². The Balaban J connectivity index is 3.51. The van der Waals surface area contributed by atoms with Crippen molar-refractivity contribution in [2.75, 3.05) is 13.2 Å². The number of carbonyl (C=O) groups excluding carboxylic acids is 2. The number of esters is 1. The molecule has 0 spiro atoms. The van der Waals surface area contributed by atoms with Crippen LogP contribution in [0.2, 0.25) is 0 Å². The van der Waals surface area contributed by atoms with Gasteiger partial charge in [-0.05, 0) is 51.4 Å². The van der Waals surface area contributed by atoms with E-state index in [1.54, 1.807) is 0 Å². The zero-order chi connectivity index (χ0) is 43.0. The highest BCUT2D eigenvalue weighted by Gasteiger charge is 2.20. The predicted molar refractivity (Wildman–Crippen MR) is 255 cm³/mol. The molecule has 0 aliphatic heterocycles. The quantitative estimate of drug-likeness (QED) is 0.0322. The van der Waals surface area contributed by atoms with Crippen molar-refractivity contribution in [1.82, 2.24) is 5.32 Å². The smallest absolute Gasteiger partial charge is 0.305 e. The summed E-state index contributed by atoms with van der Waals surface area (Å²) in [7, 11) is 0. The summed E-state index contributed by atoms with van der Waals surface area (Å²) >= 11 is 0. The Morgan fingerprint density at radius 2 is 0.797 bits per heavy atom. The number of aliphatic hydroxyl groups excluding tert-OH is 2. The molecule has 3 N–H and O–H groups in total. The topological polar surface area (TPSA) is 95.9 Å². The number of aliphatic hydroxyl groups is 2. The lowest BCUT2D eigenvalue weighted by Gasteiger charge is -2.22. The van der Waals surface area contributed by atoms with Crippen molar-refractivity contribution < 1.29 is 24.5 Å². The van der Waals surface area contributed by atoms with Gasteiger partial charge in [-0.2, -0.15) is 0 Å². The molecule has 0 fully saturated rings. The number of rotatable bonds is 49. The summed E-state index contributed by atoms with van der Waals surface area (Å²) in [6.07, 6.45) is 56.2. The van der Waals surface area contributed by atoms with Gasteiger partial charge in [0.25, 0.3) is 0 Å². The maximum atomic E-state index is 12.5. The van der Waals surface area contributed by atoms with Gasteiger partial charge in [0.1, 0.15) is 0 Å². The van der Waals surface area contributed by atoms with Crippen LogP contribution in [0, 0.1) is 0 Å². The molecule has 0 radical (unpaired) electrons. The van der Waals surface area contributed by atoms with Crippen molar-refractivity contribution in [3.63, 3.8) is 0 Å². The van der Waals surface area contributed by atoms with Crippen molar-refractivity contribution in [2.45, 2.75) is 302 Å². The Hall–Kier alpha value is -1.40. The fourth-order valence-electron chi connectivity index (χ4n) is 8.22. The molecular formula is C53H103NO5. The number of allylic oxidation sites excluding steroid dienone is 2. The largest absolute Gasteiger partial charge is 0.466 e. The minimum atomic E-state index is -0.685. The number of nitrogens with one attached hydrogen (secondary N) is 1. The van der Waals surface area contributed by atoms with Crippen molar-refractivity contribution in [2.24, 2.45) is 0 Å². The monoisotopic (exact) mass is 834 g/mol. The van der Waals surface area contributed by atoms with Crippen LogP contribution in [-0.2, 0) is 14.3 Å². The van der Waals surface area contributed by atoms with E-state index >= 15 is 0 Å². The Morgan fingerprint density at radius 1 is 0.458 bits per heavy atom. The third kappa shape index (κ3) is 45.9. The predicted octanol–water partition coefficient (Wildman–Crippen LogP) is 15.7. The van der Waals surface area contributed by atoms with E-state index in [0.29, 0.717) is 25.9 Å². The number of hydrogen-bond acceptors (Lipinski definition) is 5. The molecule has 0 aromatic heterocycles. The van der Waals surface area contributed by atoms with Crippen LogP contribution in [0.25, 0.3) is 0 Å². The summed E-state index contributed by atoms with van der Waals surface area (Å²) in [5.74, 6) is -0.104. The number of unbranched alkanes of at least 4 members (excludes halogenated alkanes) is 36.